The van der Waals surface area contributed by atoms with Crippen LogP contribution in [0.25, 0.3) is 0 Å². The molecule has 9 heavy (non-hydrogen) atoms. The second-order valence-corrected chi connectivity index (χ2v) is 2.32. The van der Waals surface area contributed by atoms with Crippen LogP contribution in [0.2, 0.25) is 0 Å². The molecular formula is C8H15N. The van der Waals surface area contributed by atoms with Gasteiger partial charge in [-0.2, -0.15) is 0 Å². The number of hydrogen-bond donors (Lipinski definition) is 1. The third-order valence-corrected chi connectivity index (χ3v) is 1.21. The molecule has 0 aromatic carbocycles. The fourth-order valence-corrected chi connectivity index (χ4v) is 0.502. The van der Waals surface area contributed by atoms with Crippen LogP contribution >= 0.6 is 0 Å². The molecule has 0 radical (unpaired) electrons. The maximum atomic E-state index is 5.54. The van der Waals surface area contributed by atoms with Crippen LogP contribution < -0.4 is 5.73 Å². The predicted octanol–water partition coefficient (Wildman–Crippen LogP) is 2.21. The first kappa shape index (κ1) is 8.28. The summed E-state index contributed by atoms with van der Waals surface area (Å²) in [6.07, 6.45) is 3.89. The minimum Gasteiger partial charge on any atom is -0.402 e. The van der Waals surface area contributed by atoms with Gasteiger partial charge >= 0.3 is 0 Å². The van der Waals surface area contributed by atoms with E-state index in [1.54, 1.807) is 0 Å². The average Bonchev–Trinajstić information content (AvgIpc) is 1.83. The van der Waals surface area contributed by atoms with Crippen LogP contribution in [-0.4, -0.2) is 0 Å². The zero-order chi connectivity index (χ0) is 7.28. The van der Waals surface area contributed by atoms with Gasteiger partial charge in [-0.15, -0.1) is 6.58 Å². The Morgan fingerprint density at radius 1 is 1.56 bits per heavy atom. The fraction of sp³-hybridized carbons (Fsp3) is 0.500. The van der Waals surface area contributed by atoms with E-state index < -0.39 is 0 Å². The molecule has 0 aliphatic rings. The van der Waals surface area contributed by atoms with Crippen molar-refractivity contribution in [2.75, 3.05) is 0 Å². The first-order valence-electron chi connectivity index (χ1n) is 3.22. The first-order chi connectivity index (χ1) is 4.16. The van der Waals surface area contributed by atoms with E-state index in [4.69, 9.17) is 5.73 Å². The maximum Gasteiger partial charge on any atom is 0.00403 e. The molecule has 52 valence electrons. The van der Waals surface area contributed by atoms with Crippen molar-refractivity contribution in [1.82, 2.24) is 0 Å². The van der Waals surface area contributed by atoms with Gasteiger partial charge in [-0.05, 0) is 26.7 Å². The van der Waals surface area contributed by atoms with Crippen molar-refractivity contribution in [2.45, 2.75) is 26.7 Å². The molecule has 0 amide bonds. The highest BCUT2D eigenvalue weighted by molar-refractivity contribution is 4.99. The van der Waals surface area contributed by atoms with Crippen LogP contribution in [0.1, 0.15) is 26.7 Å². The molecule has 0 aliphatic carbocycles. The van der Waals surface area contributed by atoms with Gasteiger partial charge in [0.25, 0.3) is 0 Å². The maximum absolute atomic E-state index is 5.54. The lowest BCUT2D eigenvalue weighted by Gasteiger charge is -1.98. The highest BCUT2D eigenvalue weighted by atomic mass is 14.6. The third-order valence-electron chi connectivity index (χ3n) is 1.21. The molecule has 0 rings (SSSR count). The largest absolute Gasteiger partial charge is 0.402 e. The smallest absolute Gasteiger partial charge is 0.00403 e. The topological polar surface area (TPSA) is 26.0 Å². The van der Waals surface area contributed by atoms with E-state index in [2.05, 4.69) is 6.58 Å². The molecule has 2 N–H and O–H groups in total. The van der Waals surface area contributed by atoms with E-state index >= 15 is 0 Å². The van der Waals surface area contributed by atoms with Crippen molar-refractivity contribution in [1.29, 1.82) is 0 Å². The van der Waals surface area contributed by atoms with E-state index in [9.17, 15) is 0 Å². The number of nitrogens with two attached hydrogens (primary N) is 1. The molecule has 0 spiro atoms. The minimum absolute atomic E-state index is 0.950. The zero-order valence-electron chi connectivity index (χ0n) is 6.28. The molecule has 0 unspecified atom stereocenters. The molecule has 0 saturated carbocycles. The van der Waals surface area contributed by atoms with Crippen molar-refractivity contribution >= 4 is 0 Å². The van der Waals surface area contributed by atoms with Gasteiger partial charge < -0.3 is 5.73 Å². The summed E-state index contributed by atoms with van der Waals surface area (Å²) in [6, 6.07) is 0. The predicted molar refractivity (Wildman–Crippen MR) is 42.0 cm³/mol. The van der Waals surface area contributed by atoms with E-state index in [-0.39, 0.29) is 0 Å². The van der Waals surface area contributed by atoms with E-state index in [0.717, 1.165) is 18.5 Å². The summed E-state index contributed by atoms with van der Waals surface area (Å²) in [4.78, 5) is 0. The van der Waals surface area contributed by atoms with Crippen molar-refractivity contribution in [3.05, 3.63) is 23.9 Å². The van der Waals surface area contributed by atoms with Crippen LogP contribution in [0, 0.1) is 0 Å². The monoisotopic (exact) mass is 125 g/mol. The summed E-state index contributed by atoms with van der Waals surface area (Å²) in [7, 11) is 0. The summed E-state index contributed by atoms with van der Waals surface area (Å²) in [6.45, 7) is 7.75. The minimum atomic E-state index is 0.950. The van der Waals surface area contributed by atoms with Crippen LogP contribution in [0.4, 0.5) is 0 Å². The normalized spacial score (nSPS) is 11.6. The Bertz CT molecular complexity index is 123. The Labute approximate surface area is 57.3 Å². The van der Waals surface area contributed by atoms with E-state index in [0.29, 0.717) is 0 Å². The zero-order valence-corrected chi connectivity index (χ0v) is 6.28. The van der Waals surface area contributed by atoms with Crippen LogP contribution in [-0.2, 0) is 0 Å². The molecule has 0 bridgehead atoms. The van der Waals surface area contributed by atoms with Gasteiger partial charge in [0.05, 0.1) is 0 Å². The number of rotatable bonds is 3. The second-order valence-electron chi connectivity index (χ2n) is 2.32. The van der Waals surface area contributed by atoms with Crippen LogP contribution in [0.15, 0.2) is 23.9 Å². The molecule has 0 aromatic heterocycles. The Kier molecular flexibility index (Phi) is 3.85. The fourth-order valence-electron chi connectivity index (χ4n) is 0.502. The third kappa shape index (κ3) is 5.15. The second kappa shape index (κ2) is 4.19. The number of hydrogen-bond acceptors (Lipinski definition) is 1. The Morgan fingerprint density at radius 2 is 2.11 bits per heavy atom. The van der Waals surface area contributed by atoms with Crippen molar-refractivity contribution in [2.24, 2.45) is 5.73 Å². The van der Waals surface area contributed by atoms with Crippen LogP contribution in [0.3, 0.4) is 0 Å². The molecule has 1 heteroatoms. The molecule has 0 saturated heterocycles. The summed E-state index contributed by atoms with van der Waals surface area (Å²) >= 11 is 0. The first-order valence-corrected chi connectivity index (χ1v) is 3.22. The summed E-state index contributed by atoms with van der Waals surface area (Å²) < 4.78 is 0. The van der Waals surface area contributed by atoms with Crippen LogP contribution in [0.5, 0.6) is 0 Å². The van der Waals surface area contributed by atoms with Gasteiger partial charge in [-0.3, -0.25) is 0 Å². The lowest BCUT2D eigenvalue weighted by atomic mass is 10.1. The van der Waals surface area contributed by atoms with E-state index in [1.165, 1.54) is 5.57 Å². The molecule has 0 atom stereocenters. The molecule has 1 nitrogen and oxygen atoms in total. The standard InChI is InChI=1S/C8H15N/c1-4-8(9)6-5-7(2)3/h4H,2,5-6,9H2,1,3H3/b8-4+. The highest BCUT2D eigenvalue weighted by Crippen LogP contribution is 2.04. The molecule has 0 aliphatic heterocycles. The van der Waals surface area contributed by atoms with Crippen molar-refractivity contribution < 1.29 is 0 Å². The summed E-state index contributed by atoms with van der Waals surface area (Å²) in [5, 5.41) is 0. The van der Waals surface area contributed by atoms with Gasteiger partial charge in [0.2, 0.25) is 0 Å². The SMILES string of the molecule is C=C(C)CC/C(N)=C\C. The van der Waals surface area contributed by atoms with Gasteiger partial charge in [0.1, 0.15) is 0 Å². The molecule has 0 fully saturated rings. The Hall–Kier alpha value is -0.720. The summed E-state index contributed by atoms with van der Waals surface area (Å²) in [5.41, 5.74) is 7.69. The Balaban J connectivity index is 3.39. The van der Waals surface area contributed by atoms with Gasteiger partial charge in [-0.1, -0.05) is 11.6 Å². The Morgan fingerprint density at radius 3 is 2.44 bits per heavy atom. The lowest BCUT2D eigenvalue weighted by molar-refractivity contribution is 0.912. The quantitative estimate of drug-likeness (QED) is 0.575. The number of allylic oxidation sites excluding steroid dienone is 3. The lowest BCUT2D eigenvalue weighted by Crippen LogP contribution is -1.95. The van der Waals surface area contributed by atoms with Gasteiger partial charge in [0.15, 0.2) is 0 Å². The highest BCUT2D eigenvalue weighted by Gasteiger charge is 1.88. The molecule has 0 heterocycles. The average molecular weight is 125 g/mol. The summed E-state index contributed by atoms with van der Waals surface area (Å²) in [5.74, 6) is 0. The molecule has 0 aromatic rings. The molecular weight excluding hydrogens is 110 g/mol. The van der Waals surface area contributed by atoms with Crippen molar-refractivity contribution in [3.63, 3.8) is 0 Å². The van der Waals surface area contributed by atoms with Crippen molar-refractivity contribution in [3.8, 4) is 0 Å². The van der Waals surface area contributed by atoms with E-state index in [1.807, 2.05) is 19.9 Å². The van der Waals surface area contributed by atoms with Gasteiger partial charge in [0, 0.05) is 5.70 Å². The van der Waals surface area contributed by atoms with Gasteiger partial charge in [-0.25, -0.2) is 0 Å².